The van der Waals surface area contributed by atoms with E-state index in [1.165, 1.54) is 24.1 Å². The molecule has 2 atom stereocenters. The number of carbonyl (C=O) groups is 1. The molecule has 0 aliphatic carbocycles. The molecule has 1 aliphatic rings. The molecule has 0 radical (unpaired) electrons. The molecule has 0 bridgehead atoms. The van der Waals surface area contributed by atoms with Crippen LogP contribution in [0.5, 0.6) is 0 Å². The second kappa shape index (κ2) is 6.33. The van der Waals surface area contributed by atoms with Crippen molar-refractivity contribution in [1.82, 2.24) is 10.2 Å². The van der Waals surface area contributed by atoms with E-state index in [1.54, 1.807) is 30.3 Å². The molecular formula is C20H22F2N4O. The first-order chi connectivity index (χ1) is 12.5. The number of rotatable bonds is 3. The summed E-state index contributed by atoms with van der Waals surface area (Å²) in [5, 5.41) is 11.2. The molecule has 1 aliphatic heterocycles. The van der Waals surface area contributed by atoms with Crippen molar-refractivity contribution < 1.29 is 13.6 Å². The molecule has 7 heteroatoms. The predicted octanol–water partition coefficient (Wildman–Crippen LogP) is 3.38. The Morgan fingerprint density at radius 1 is 1.22 bits per heavy atom. The minimum Gasteiger partial charge on any atom is -0.399 e. The van der Waals surface area contributed by atoms with Crippen LogP contribution in [0.15, 0.2) is 48.5 Å². The molecule has 1 saturated heterocycles. The number of nitrogens with two attached hydrogens (primary N) is 1. The Bertz CT molecular complexity index is 892. The molecular weight excluding hydrogens is 350 g/mol. The topological polar surface area (TPSA) is 82.2 Å². The second-order valence-electron chi connectivity index (χ2n) is 7.14. The maximum Gasteiger partial charge on any atom is 0.270 e. The second-order valence-corrected chi connectivity index (χ2v) is 7.14. The van der Waals surface area contributed by atoms with Gasteiger partial charge >= 0.3 is 0 Å². The van der Waals surface area contributed by atoms with E-state index in [1.807, 2.05) is 13.0 Å². The van der Waals surface area contributed by atoms with Crippen LogP contribution in [-0.2, 0) is 16.3 Å². The molecule has 4 N–H and O–H groups in total. The van der Waals surface area contributed by atoms with Crippen LogP contribution in [0.4, 0.5) is 14.5 Å². The summed E-state index contributed by atoms with van der Waals surface area (Å²) >= 11 is 0. The molecule has 1 amide bonds. The third kappa shape index (κ3) is 3.25. The highest BCUT2D eigenvalue weighted by Gasteiger charge is 2.48. The van der Waals surface area contributed by atoms with Crippen molar-refractivity contribution in [2.45, 2.75) is 31.2 Å². The van der Waals surface area contributed by atoms with E-state index in [9.17, 15) is 13.6 Å². The van der Waals surface area contributed by atoms with Crippen molar-refractivity contribution in [3.8, 4) is 0 Å². The van der Waals surface area contributed by atoms with Crippen LogP contribution in [0.3, 0.4) is 0 Å². The van der Waals surface area contributed by atoms with Crippen LogP contribution in [0.1, 0.15) is 36.5 Å². The normalized spacial score (nSPS) is 23.3. The van der Waals surface area contributed by atoms with Gasteiger partial charge in [0.1, 0.15) is 0 Å². The number of halogens is 2. The third-order valence-electron chi connectivity index (χ3n) is 5.11. The smallest absolute Gasteiger partial charge is 0.270 e. The summed E-state index contributed by atoms with van der Waals surface area (Å²) in [6, 6.07) is 12.9. The number of nitrogen functional groups attached to an aromatic ring is 1. The van der Waals surface area contributed by atoms with Crippen molar-refractivity contribution in [1.29, 1.82) is 5.41 Å². The first-order valence-electron chi connectivity index (χ1n) is 8.52. The number of amides is 1. The van der Waals surface area contributed by atoms with Crippen molar-refractivity contribution in [2.24, 2.45) is 0 Å². The average molecular weight is 372 g/mol. The van der Waals surface area contributed by atoms with Gasteiger partial charge in [0.05, 0.1) is 11.5 Å². The fourth-order valence-corrected chi connectivity index (χ4v) is 3.50. The molecule has 2 aromatic carbocycles. The molecule has 27 heavy (non-hydrogen) atoms. The van der Waals surface area contributed by atoms with Gasteiger partial charge in [-0.15, -0.1) is 0 Å². The number of anilines is 1. The molecule has 0 aromatic heterocycles. The number of likely N-dealkylation sites (N-methyl/N-ethyl adjacent to an activating group) is 1. The van der Waals surface area contributed by atoms with Crippen LogP contribution in [0.25, 0.3) is 0 Å². The Morgan fingerprint density at radius 2 is 1.85 bits per heavy atom. The van der Waals surface area contributed by atoms with E-state index in [4.69, 9.17) is 11.1 Å². The quantitative estimate of drug-likeness (QED) is 0.723. The summed E-state index contributed by atoms with van der Waals surface area (Å²) in [6.45, 7) is 2.65. The summed E-state index contributed by atoms with van der Waals surface area (Å²) < 4.78 is 27.1. The summed E-state index contributed by atoms with van der Waals surface area (Å²) in [5.74, 6) is -3.99. The fourth-order valence-electron chi connectivity index (χ4n) is 3.50. The number of benzene rings is 2. The van der Waals surface area contributed by atoms with Gasteiger partial charge in [0.2, 0.25) is 5.91 Å². The van der Waals surface area contributed by atoms with Crippen molar-refractivity contribution in [2.75, 3.05) is 12.8 Å². The maximum atomic E-state index is 13.6. The zero-order valence-electron chi connectivity index (χ0n) is 15.4. The Balaban J connectivity index is 2.13. The van der Waals surface area contributed by atoms with Gasteiger partial charge in [-0.05, 0) is 30.2 Å². The van der Waals surface area contributed by atoms with Crippen molar-refractivity contribution in [3.63, 3.8) is 0 Å². The largest absolute Gasteiger partial charge is 0.399 e. The SMILES string of the molecule is CN1C(=N)N[C@](C)(c2cccc(N)c2)[C@H](c2ccc(C(C)(F)F)cc2)C1=O. The van der Waals surface area contributed by atoms with Gasteiger partial charge in [0.25, 0.3) is 5.92 Å². The van der Waals surface area contributed by atoms with E-state index < -0.39 is 17.4 Å². The average Bonchev–Trinajstić information content (AvgIpc) is 2.59. The minimum absolute atomic E-state index is 0.0297. The summed E-state index contributed by atoms with van der Waals surface area (Å²) in [4.78, 5) is 14.3. The number of hydrogen-bond acceptors (Lipinski definition) is 3. The summed E-state index contributed by atoms with van der Waals surface area (Å²) in [5.41, 5.74) is 6.71. The third-order valence-corrected chi connectivity index (χ3v) is 5.11. The molecule has 0 spiro atoms. The zero-order chi connectivity index (χ0) is 20.0. The molecule has 1 fully saturated rings. The van der Waals surface area contributed by atoms with Gasteiger partial charge < -0.3 is 11.1 Å². The predicted molar refractivity (Wildman–Crippen MR) is 101 cm³/mol. The molecule has 0 unspecified atom stereocenters. The lowest BCUT2D eigenvalue weighted by Crippen LogP contribution is -2.62. The number of nitrogens with zero attached hydrogens (tertiary/aromatic N) is 1. The van der Waals surface area contributed by atoms with Gasteiger partial charge in [0, 0.05) is 25.2 Å². The highest BCUT2D eigenvalue weighted by Crippen LogP contribution is 2.41. The number of hydrogen-bond donors (Lipinski definition) is 3. The highest BCUT2D eigenvalue weighted by molar-refractivity contribution is 6.02. The lowest BCUT2D eigenvalue weighted by Gasteiger charge is -2.46. The molecule has 0 saturated carbocycles. The van der Waals surface area contributed by atoms with Crippen LogP contribution >= 0.6 is 0 Å². The van der Waals surface area contributed by atoms with Crippen LogP contribution < -0.4 is 11.1 Å². The number of guanidine groups is 1. The Morgan fingerprint density at radius 3 is 2.41 bits per heavy atom. The molecule has 2 aromatic rings. The zero-order valence-corrected chi connectivity index (χ0v) is 15.4. The Hall–Kier alpha value is -2.96. The van der Waals surface area contributed by atoms with Crippen LogP contribution in [0.2, 0.25) is 0 Å². The number of alkyl halides is 2. The monoisotopic (exact) mass is 372 g/mol. The number of nitrogens with one attached hydrogen (secondary N) is 2. The Labute approximate surface area is 156 Å². The van der Waals surface area contributed by atoms with Gasteiger partial charge in [-0.25, -0.2) is 8.78 Å². The molecule has 142 valence electrons. The first-order valence-corrected chi connectivity index (χ1v) is 8.52. The summed E-state index contributed by atoms with van der Waals surface area (Å²) in [6.07, 6.45) is 0. The first kappa shape index (κ1) is 18.8. The minimum atomic E-state index is -2.95. The Kier molecular flexibility index (Phi) is 4.41. The lowest BCUT2D eigenvalue weighted by molar-refractivity contribution is -0.131. The molecule has 3 rings (SSSR count). The highest BCUT2D eigenvalue weighted by atomic mass is 19.3. The van der Waals surface area contributed by atoms with Gasteiger partial charge in [-0.2, -0.15) is 0 Å². The van der Waals surface area contributed by atoms with Crippen molar-refractivity contribution >= 4 is 17.6 Å². The summed E-state index contributed by atoms with van der Waals surface area (Å²) in [7, 11) is 1.51. The van der Waals surface area contributed by atoms with E-state index in [-0.39, 0.29) is 17.4 Å². The van der Waals surface area contributed by atoms with Gasteiger partial charge in [0.15, 0.2) is 5.96 Å². The molecule has 5 nitrogen and oxygen atoms in total. The molecule has 1 heterocycles. The van der Waals surface area contributed by atoms with Gasteiger partial charge in [-0.1, -0.05) is 36.4 Å². The van der Waals surface area contributed by atoms with Crippen LogP contribution in [-0.4, -0.2) is 23.8 Å². The van der Waals surface area contributed by atoms with Gasteiger partial charge in [-0.3, -0.25) is 15.1 Å². The fraction of sp³-hybridized carbons (Fsp3) is 0.300. The van der Waals surface area contributed by atoms with E-state index in [0.717, 1.165) is 12.5 Å². The lowest BCUT2D eigenvalue weighted by atomic mass is 9.73. The maximum absolute atomic E-state index is 13.6. The van der Waals surface area contributed by atoms with Crippen molar-refractivity contribution in [3.05, 3.63) is 65.2 Å². The van der Waals surface area contributed by atoms with E-state index >= 15 is 0 Å². The van der Waals surface area contributed by atoms with E-state index in [0.29, 0.717) is 11.3 Å². The van der Waals surface area contributed by atoms with E-state index in [2.05, 4.69) is 5.32 Å². The number of carbonyl (C=O) groups excluding carboxylic acids is 1. The van der Waals surface area contributed by atoms with Crippen LogP contribution in [0, 0.1) is 5.41 Å². The standard InChI is InChI=1S/C20H22F2N4O/c1-19(14-5-4-6-15(23)11-14)16(17(27)26(3)18(24)25-19)12-7-9-13(10-8-12)20(2,21)22/h4-11,16H,23H2,1-3H3,(H2,24,25)/t16-,19-/m1/s1.